The van der Waals surface area contributed by atoms with Crippen molar-refractivity contribution in [2.45, 2.75) is 27.2 Å². The van der Waals surface area contributed by atoms with Crippen molar-refractivity contribution < 1.29 is 9.72 Å². The Morgan fingerprint density at radius 2 is 1.79 bits per heavy atom. The molecule has 0 radical (unpaired) electrons. The molecule has 3 rings (SSSR count). The number of benzene rings is 1. The summed E-state index contributed by atoms with van der Waals surface area (Å²) in [4.78, 5) is 27.9. The lowest BCUT2D eigenvalue weighted by Gasteiger charge is -2.32. The smallest absolute Gasteiger partial charge is 0.269 e. The summed E-state index contributed by atoms with van der Waals surface area (Å²) in [5.74, 6) is 0.382. The number of non-ortho nitro benzene ring substituents is 1. The second-order valence-electron chi connectivity index (χ2n) is 7.79. The van der Waals surface area contributed by atoms with E-state index in [0.717, 1.165) is 24.5 Å². The number of aromatic nitrogens is 2. The van der Waals surface area contributed by atoms with E-state index in [0.29, 0.717) is 36.7 Å². The molecule has 1 aliphatic rings. The Bertz CT molecular complexity index is 865. The van der Waals surface area contributed by atoms with E-state index < -0.39 is 4.92 Å². The summed E-state index contributed by atoms with van der Waals surface area (Å²) < 4.78 is 1.73. The topological polar surface area (TPSA) is 84.5 Å². The van der Waals surface area contributed by atoms with Crippen molar-refractivity contribution in [1.82, 2.24) is 19.6 Å². The molecule has 1 saturated heterocycles. The molecule has 0 saturated carbocycles. The quantitative estimate of drug-likeness (QED) is 0.584. The van der Waals surface area contributed by atoms with Gasteiger partial charge in [0.15, 0.2) is 0 Å². The van der Waals surface area contributed by atoms with Crippen LogP contribution in [0.5, 0.6) is 0 Å². The van der Waals surface area contributed by atoms with Crippen LogP contribution in [-0.2, 0) is 6.42 Å². The van der Waals surface area contributed by atoms with Gasteiger partial charge in [0, 0.05) is 38.3 Å². The second-order valence-corrected chi connectivity index (χ2v) is 7.79. The van der Waals surface area contributed by atoms with Gasteiger partial charge in [-0.05, 0) is 38.4 Å². The van der Waals surface area contributed by atoms with Crippen LogP contribution in [0, 0.1) is 23.0 Å². The highest BCUT2D eigenvalue weighted by Crippen LogP contribution is 2.24. The maximum atomic E-state index is 13.3. The molecule has 28 heavy (non-hydrogen) atoms. The van der Waals surface area contributed by atoms with E-state index in [2.05, 4.69) is 25.8 Å². The number of hydrogen-bond acceptors (Lipinski definition) is 5. The lowest BCUT2D eigenvalue weighted by atomic mass is 10.0. The molecular weight excluding hydrogens is 358 g/mol. The number of nitrogens with zero attached hydrogens (tertiary/aromatic N) is 5. The van der Waals surface area contributed by atoms with Crippen LogP contribution in [0.25, 0.3) is 5.69 Å². The maximum absolute atomic E-state index is 13.3. The van der Waals surface area contributed by atoms with Gasteiger partial charge in [-0.2, -0.15) is 5.10 Å². The minimum Gasteiger partial charge on any atom is -0.336 e. The third-order valence-electron chi connectivity index (χ3n) is 5.10. The summed E-state index contributed by atoms with van der Waals surface area (Å²) in [7, 11) is 2.06. The lowest BCUT2D eigenvalue weighted by molar-refractivity contribution is -0.384. The number of likely N-dealkylation sites (N-methyl/N-ethyl adjacent to an activating group) is 1. The largest absolute Gasteiger partial charge is 0.336 e. The van der Waals surface area contributed by atoms with Crippen molar-refractivity contribution >= 4 is 11.6 Å². The van der Waals surface area contributed by atoms with E-state index in [1.165, 1.54) is 12.1 Å². The van der Waals surface area contributed by atoms with Crippen LogP contribution in [0.3, 0.4) is 0 Å². The molecule has 1 fully saturated rings. The van der Waals surface area contributed by atoms with Gasteiger partial charge in [0.05, 0.1) is 27.6 Å². The number of carbonyl (C=O) groups is 1. The first kappa shape index (κ1) is 20.0. The Morgan fingerprint density at radius 3 is 2.32 bits per heavy atom. The fraction of sp³-hybridized carbons (Fsp3) is 0.500. The average molecular weight is 385 g/mol. The minimum absolute atomic E-state index is 0.0226. The van der Waals surface area contributed by atoms with Gasteiger partial charge in [0.25, 0.3) is 11.6 Å². The number of piperazine rings is 1. The summed E-state index contributed by atoms with van der Waals surface area (Å²) >= 11 is 0. The van der Waals surface area contributed by atoms with Crippen LogP contribution >= 0.6 is 0 Å². The highest BCUT2D eigenvalue weighted by atomic mass is 16.6. The number of carbonyl (C=O) groups excluding carboxylic acids is 1. The first-order valence-corrected chi connectivity index (χ1v) is 9.59. The summed E-state index contributed by atoms with van der Waals surface area (Å²) in [6.07, 6.45) is 0.704. The van der Waals surface area contributed by atoms with Crippen LogP contribution in [0.15, 0.2) is 24.3 Å². The van der Waals surface area contributed by atoms with E-state index in [9.17, 15) is 14.9 Å². The summed E-state index contributed by atoms with van der Waals surface area (Å²) in [6.45, 7) is 9.23. The number of rotatable bonds is 5. The van der Waals surface area contributed by atoms with Crippen LogP contribution in [-0.4, -0.2) is 63.6 Å². The van der Waals surface area contributed by atoms with Crippen LogP contribution < -0.4 is 0 Å². The number of hydrogen-bond donors (Lipinski definition) is 0. The fourth-order valence-electron chi connectivity index (χ4n) is 3.50. The molecule has 8 nitrogen and oxygen atoms in total. The van der Waals surface area contributed by atoms with E-state index in [1.807, 2.05) is 11.8 Å². The van der Waals surface area contributed by atoms with E-state index in [4.69, 9.17) is 5.10 Å². The standard InChI is InChI=1S/C20H27N5O3/c1-14(2)13-18-19(20(26)23-11-9-22(4)10-12-23)15(3)24(21-18)16-5-7-17(8-6-16)25(27)28/h5-8,14H,9-13H2,1-4H3. The average Bonchev–Trinajstić information content (AvgIpc) is 2.97. The zero-order chi connectivity index (χ0) is 20.4. The van der Waals surface area contributed by atoms with Crippen molar-refractivity contribution in [3.63, 3.8) is 0 Å². The molecule has 2 aromatic rings. The molecular formula is C20H27N5O3. The maximum Gasteiger partial charge on any atom is 0.269 e. The first-order chi connectivity index (χ1) is 13.3. The van der Waals surface area contributed by atoms with Gasteiger partial charge < -0.3 is 9.80 Å². The number of nitro benzene ring substituents is 1. The van der Waals surface area contributed by atoms with Crippen molar-refractivity contribution in [2.75, 3.05) is 33.2 Å². The molecule has 0 aliphatic carbocycles. The van der Waals surface area contributed by atoms with Crippen molar-refractivity contribution in [3.8, 4) is 5.69 Å². The van der Waals surface area contributed by atoms with Gasteiger partial charge in [-0.15, -0.1) is 0 Å². The summed E-state index contributed by atoms with van der Waals surface area (Å²) in [5, 5.41) is 15.6. The summed E-state index contributed by atoms with van der Waals surface area (Å²) in [6, 6.07) is 6.25. The van der Waals surface area contributed by atoms with Gasteiger partial charge in [0.1, 0.15) is 0 Å². The summed E-state index contributed by atoms with van der Waals surface area (Å²) in [5.41, 5.74) is 2.97. The van der Waals surface area contributed by atoms with Gasteiger partial charge in [-0.25, -0.2) is 4.68 Å². The molecule has 8 heteroatoms. The molecule has 0 spiro atoms. The SMILES string of the molecule is Cc1c(C(=O)N2CCN(C)CC2)c(CC(C)C)nn1-c1ccc([N+](=O)[O-])cc1. The molecule has 1 amide bonds. The van der Waals surface area contributed by atoms with Gasteiger partial charge >= 0.3 is 0 Å². The monoisotopic (exact) mass is 385 g/mol. The first-order valence-electron chi connectivity index (χ1n) is 9.59. The predicted molar refractivity (Wildman–Crippen MR) is 107 cm³/mol. The fourth-order valence-corrected chi connectivity index (χ4v) is 3.50. The Hall–Kier alpha value is -2.74. The molecule has 1 aromatic heterocycles. The molecule has 0 bridgehead atoms. The molecule has 0 N–H and O–H groups in total. The van der Waals surface area contributed by atoms with Crippen molar-refractivity contribution in [2.24, 2.45) is 5.92 Å². The highest BCUT2D eigenvalue weighted by molar-refractivity contribution is 5.96. The Labute approximate surface area is 164 Å². The third kappa shape index (κ3) is 4.06. The Morgan fingerprint density at radius 1 is 1.18 bits per heavy atom. The molecule has 0 atom stereocenters. The number of nitro groups is 1. The molecule has 1 aromatic carbocycles. The number of amides is 1. The zero-order valence-corrected chi connectivity index (χ0v) is 16.9. The van der Waals surface area contributed by atoms with Gasteiger partial charge in [0.2, 0.25) is 0 Å². The van der Waals surface area contributed by atoms with Gasteiger partial charge in [-0.3, -0.25) is 14.9 Å². The molecule has 150 valence electrons. The van der Waals surface area contributed by atoms with Crippen LogP contribution in [0.2, 0.25) is 0 Å². The Kier molecular flexibility index (Phi) is 5.79. The third-order valence-corrected chi connectivity index (χ3v) is 5.10. The highest BCUT2D eigenvalue weighted by Gasteiger charge is 2.28. The van der Waals surface area contributed by atoms with E-state index in [1.54, 1.807) is 16.8 Å². The van der Waals surface area contributed by atoms with Crippen LogP contribution in [0.4, 0.5) is 5.69 Å². The van der Waals surface area contributed by atoms with E-state index >= 15 is 0 Å². The molecule has 0 unspecified atom stereocenters. The molecule has 2 heterocycles. The Balaban J connectivity index is 1.99. The van der Waals surface area contributed by atoms with Crippen molar-refractivity contribution in [1.29, 1.82) is 0 Å². The minimum atomic E-state index is -0.424. The van der Waals surface area contributed by atoms with Crippen molar-refractivity contribution in [3.05, 3.63) is 51.3 Å². The molecule has 1 aliphatic heterocycles. The van der Waals surface area contributed by atoms with E-state index in [-0.39, 0.29) is 11.6 Å². The predicted octanol–water partition coefficient (Wildman–Crippen LogP) is 2.68. The lowest BCUT2D eigenvalue weighted by Crippen LogP contribution is -2.47. The second kappa shape index (κ2) is 8.10. The van der Waals surface area contributed by atoms with Gasteiger partial charge in [-0.1, -0.05) is 13.8 Å². The normalized spacial score (nSPS) is 15.2. The van der Waals surface area contributed by atoms with Crippen LogP contribution in [0.1, 0.15) is 35.6 Å². The zero-order valence-electron chi connectivity index (χ0n) is 16.9.